The molecule has 0 atom stereocenters. The molecule has 0 saturated carbocycles. The highest BCUT2D eigenvalue weighted by Gasteiger charge is 2.28. The van der Waals surface area contributed by atoms with Crippen LogP contribution in [-0.4, -0.2) is 54.8 Å². The van der Waals surface area contributed by atoms with Crippen molar-refractivity contribution in [3.05, 3.63) is 0 Å². The summed E-state index contributed by atoms with van der Waals surface area (Å²) in [6, 6.07) is 0.932. The largest absolute Gasteiger partial charge is 0.465 e. The summed E-state index contributed by atoms with van der Waals surface area (Å²) in [6.45, 7) is 3.96. The highest BCUT2D eigenvalue weighted by Crippen LogP contribution is 2.14. The minimum absolute atomic E-state index is 0.112. The van der Waals surface area contributed by atoms with Gasteiger partial charge in [-0.05, 0) is 20.3 Å². The molecule has 0 aromatic rings. The van der Waals surface area contributed by atoms with Crippen molar-refractivity contribution >= 4 is 21.5 Å². The zero-order valence-electron chi connectivity index (χ0n) is 12.8. The number of carbonyl (C=O) groups excluding carboxylic acids is 2. The Kier molecular flexibility index (Phi) is 11.3. The van der Waals surface area contributed by atoms with Crippen molar-refractivity contribution in [2.24, 2.45) is 5.92 Å². The van der Waals surface area contributed by atoms with Crippen molar-refractivity contribution in [1.29, 1.82) is 0 Å². The van der Waals surface area contributed by atoms with E-state index in [9.17, 15) is 9.59 Å². The quantitative estimate of drug-likeness (QED) is 0.184. The average molecular weight is 306 g/mol. The van der Waals surface area contributed by atoms with Gasteiger partial charge >= 0.3 is 11.9 Å². The molecule has 0 aliphatic heterocycles. The summed E-state index contributed by atoms with van der Waals surface area (Å²) in [4.78, 5) is 23.5. The fourth-order valence-corrected chi connectivity index (χ4v) is 3.19. The van der Waals surface area contributed by atoms with E-state index < -0.39 is 27.4 Å². The fourth-order valence-electron chi connectivity index (χ4n) is 1.81. The Morgan fingerprint density at radius 3 is 1.90 bits per heavy atom. The third-order valence-corrected chi connectivity index (χ3v) is 4.90. The number of hydrogen-bond donors (Lipinski definition) is 0. The van der Waals surface area contributed by atoms with Crippen LogP contribution >= 0.6 is 0 Å². The van der Waals surface area contributed by atoms with Crippen LogP contribution in [0.25, 0.3) is 0 Å². The first kappa shape index (κ1) is 19.1. The molecule has 0 bridgehead atoms. The normalized spacial score (nSPS) is 11.5. The highest BCUT2D eigenvalue weighted by atomic mass is 28.2. The first-order chi connectivity index (χ1) is 9.60. The Morgan fingerprint density at radius 2 is 1.50 bits per heavy atom. The van der Waals surface area contributed by atoms with Crippen LogP contribution in [0.5, 0.6) is 0 Å². The highest BCUT2D eigenvalue weighted by molar-refractivity contribution is 6.36. The van der Waals surface area contributed by atoms with Crippen LogP contribution in [0, 0.1) is 5.92 Å². The molecule has 0 saturated heterocycles. The summed E-state index contributed by atoms with van der Waals surface area (Å²) in [5.74, 6) is -1.92. The van der Waals surface area contributed by atoms with Crippen molar-refractivity contribution in [2.75, 3.05) is 27.4 Å². The average Bonchev–Trinajstić information content (AvgIpc) is 2.43. The Morgan fingerprint density at radius 1 is 1.00 bits per heavy atom. The zero-order chi connectivity index (χ0) is 15.4. The summed E-state index contributed by atoms with van der Waals surface area (Å²) in [5.41, 5.74) is 0. The van der Waals surface area contributed by atoms with Gasteiger partial charge in [-0.3, -0.25) is 9.59 Å². The summed E-state index contributed by atoms with van der Waals surface area (Å²) < 4.78 is 20.1. The van der Waals surface area contributed by atoms with Crippen LogP contribution in [0.4, 0.5) is 0 Å². The van der Waals surface area contributed by atoms with E-state index in [1.54, 1.807) is 28.1 Å². The smallest absolute Gasteiger partial charge is 0.320 e. The number of methoxy groups -OCH3 is 2. The van der Waals surface area contributed by atoms with Gasteiger partial charge in [-0.25, -0.2) is 0 Å². The molecule has 0 N–H and O–H groups in total. The van der Waals surface area contributed by atoms with E-state index in [0.717, 1.165) is 12.5 Å². The number of hydrogen-bond acceptors (Lipinski definition) is 6. The van der Waals surface area contributed by atoms with Crippen molar-refractivity contribution in [1.82, 2.24) is 0 Å². The molecule has 0 heterocycles. The first-order valence-electron chi connectivity index (χ1n) is 6.99. The van der Waals surface area contributed by atoms with Gasteiger partial charge in [-0.15, -0.1) is 0 Å². The second-order valence-corrected chi connectivity index (χ2v) is 6.19. The molecule has 0 aliphatic carbocycles. The van der Waals surface area contributed by atoms with Gasteiger partial charge in [0.25, 0.3) is 0 Å². The van der Waals surface area contributed by atoms with E-state index in [2.05, 4.69) is 0 Å². The molecule has 7 heteroatoms. The number of rotatable bonds is 11. The summed E-state index contributed by atoms with van der Waals surface area (Å²) in [7, 11) is 2.69. The monoisotopic (exact) mass is 306 g/mol. The maximum atomic E-state index is 11.7. The lowest BCUT2D eigenvalue weighted by Gasteiger charge is -2.15. The molecule has 0 spiro atoms. The molecule has 0 aromatic heterocycles. The molecular weight excluding hydrogens is 280 g/mol. The van der Waals surface area contributed by atoms with Crippen LogP contribution in [0.15, 0.2) is 0 Å². The van der Waals surface area contributed by atoms with Crippen LogP contribution < -0.4 is 0 Å². The standard InChI is InChI=1S/C13H26O6Si/c1-5-18-11(14)10(12(15)19-6-2)8-7-9-20-13(16-3)17-4/h10,13H,5-9,20H2,1-4H3. The molecular formula is C13H26O6Si. The SMILES string of the molecule is CCOC(=O)C(CCC[SiH2]C(OC)OC)C(=O)OCC. The van der Waals surface area contributed by atoms with Gasteiger partial charge < -0.3 is 18.9 Å². The number of ether oxygens (including phenoxy) is 4. The lowest BCUT2D eigenvalue weighted by Crippen LogP contribution is -2.28. The van der Waals surface area contributed by atoms with Gasteiger partial charge in [0.15, 0.2) is 5.92 Å². The van der Waals surface area contributed by atoms with Crippen molar-refractivity contribution in [2.45, 2.75) is 38.6 Å². The Hall–Kier alpha value is -0.923. The molecule has 0 radical (unpaired) electrons. The summed E-state index contributed by atoms with van der Waals surface area (Å²) in [6.07, 6.45) is 1.21. The minimum Gasteiger partial charge on any atom is -0.465 e. The molecule has 118 valence electrons. The molecule has 0 aliphatic rings. The molecule has 20 heavy (non-hydrogen) atoms. The van der Waals surface area contributed by atoms with Crippen LogP contribution in [0.2, 0.25) is 6.04 Å². The topological polar surface area (TPSA) is 71.1 Å². The van der Waals surface area contributed by atoms with E-state index >= 15 is 0 Å². The van der Waals surface area contributed by atoms with Crippen molar-refractivity contribution < 1.29 is 28.5 Å². The first-order valence-corrected chi connectivity index (χ1v) is 8.81. The fraction of sp³-hybridized carbons (Fsp3) is 0.846. The molecule has 6 nitrogen and oxygen atoms in total. The molecule has 0 fully saturated rings. The Labute approximate surface area is 122 Å². The zero-order valence-corrected chi connectivity index (χ0v) is 14.3. The van der Waals surface area contributed by atoms with E-state index in [4.69, 9.17) is 18.9 Å². The van der Waals surface area contributed by atoms with E-state index in [1.165, 1.54) is 0 Å². The summed E-state index contributed by atoms with van der Waals surface area (Å²) >= 11 is 0. The second kappa shape index (κ2) is 11.9. The van der Waals surface area contributed by atoms with E-state index in [1.807, 2.05) is 0 Å². The van der Waals surface area contributed by atoms with Gasteiger partial charge in [-0.1, -0.05) is 12.5 Å². The molecule has 0 aromatic carbocycles. The Balaban J connectivity index is 4.22. The predicted molar refractivity (Wildman–Crippen MR) is 77.1 cm³/mol. The van der Waals surface area contributed by atoms with Crippen molar-refractivity contribution in [3.63, 3.8) is 0 Å². The van der Waals surface area contributed by atoms with Gasteiger partial charge in [0.05, 0.1) is 22.7 Å². The number of carbonyl (C=O) groups is 2. The van der Waals surface area contributed by atoms with E-state index in [0.29, 0.717) is 6.42 Å². The van der Waals surface area contributed by atoms with E-state index in [-0.39, 0.29) is 19.1 Å². The van der Waals surface area contributed by atoms with Gasteiger partial charge in [0, 0.05) is 14.2 Å². The third kappa shape index (κ3) is 7.61. The lowest BCUT2D eigenvalue weighted by molar-refractivity contribution is -0.161. The summed E-state index contributed by atoms with van der Waals surface area (Å²) in [5, 5.41) is 0. The second-order valence-electron chi connectivity index (χ2n) is 4.24. The third-order valence-electron chi connectivity index (χ3n) is 2.85. The van der Waals surface area contributed by atoms with Gasteiger partial charge in [0.1, 0.15) is 5.91 Å². The minimum atomic E-state index is -0.813. The predicted octanol–water partition coefficient (Wildman–Crippen LogP) is 0.672. The van der Waals surface area contributed by atoms with Crippen molar-refractivity contribution in [3.8, 4) is 0 Å². The van der Waals surface area contributed by atoms with Gasteiger partial charge in [-0.2, -0.15) is 0 Å². The van der Waals surface area contributed by atoms with Crippen LogP contribution in [0.3, 0.4) is 0 Å². The maximum Gasteiger partial charge on any atom is 0.320 e. The molecule has 0 unspecified atom stereocenters. The Bertz CT molecular complexity index is 262. The van der Waals surface area contributed by atoms with Crippen LogP contribution in [0.1, 0.15) is 26.7 Å². The lowest BCUT2D eigenvalue weighted by atomic mass is 10.0. The maximum absolute atomic E-state index is 11.7. The van der Waals surface area contributed by atoms with Crippen LogP contribution in [-0.2, 0) is 28.5 Å². The molecule has 0 amide bonds. The van der Waals surface area contributed by atoms with Gasteiger partial charge in [0.2, 0.25) is 0 Å². The molecule has 0 rings (SSSR count). The number of esters is 2.